The van der Waals surface area contributed by atoms with E-state index in [1.54, 1.807) is 34.1 Å². The van der Waals surface area contributed by atoms with Crippen molar-refractivity contribution in [3.8, 4) is 5.75 Å². The number of piperazine rings is 1. The van der Waals surface area contributed by atoms with Crippen molar-refractivity contribution < 1.29 is 14.3 Å². The summed E-state index contributed by atoms with van der Waals surface area (Å²) in [6, 6.07) is 6.88. The Morgan fingerprint density at radius 3 is 2.13 bits per heavy atom. The Morgan fingerprint density at radius 2 is 1.57 bits per heavy atom. The molecule has 0 atom stereocenters. The molecule has 0 N–H and O–H groups in total. The Labute approximate surface area is 146 Å². The maximum atomic E-state index is 12.1. The molecule has 5 nitrogen and oxygen atoms in total. The zero-order valence-electron chi connectivity index (χ0n) is 12.8. The summed E-state index contributed by atoms with van der Waals surface area (Å²) in [7, 11) is 0. The smallest absolute Gasteiger partial charge is 0.260 e. The number of rotatable bonds is 6. The van der Waals surface area contributed by atoms with Gasteiger partial charge in [-0.05, 0) is 30.7 Å². The number of nitrogens with zero attached hydrogens (tertiary/aromatic N) is 2. The zero-order valence-corrected chi connectivity index (χ0v) is 14.4. The SMILES string of the molecule is O=C(CCCCl)N1CCN(C(=O)COc2ccc(Cl)cc2)CC1. The minimum atomic E-state index is -0.0761. The molecule has 1 aromatic carbocycles. The summed E-state index contributed by atoms with van der Waals surface area (Å²) in [4.78, 5) is 27.6. The third-order valence-corrected chi connectivity index (χ3v) is 4.20. The van der Waals surface area contributed by atoms with E-state index < -0.39 is 0 Å². The van der Waals surface area contributed by atoms with E-state index in [0.29, 0.717) is 55.7 Å². The van der Waals surface area contributed by atoms with Crippen LogP contribution in [0.5, 0.6) is 5.75 Å². The lowest BCUT2D eigenvalue weighted by molar-refractivity contribution is -0.140. The highest BCUT2D eigenvalue weighted by Crippen LogP contribution is 2.15. The summed E-state index contributed by atoms with van der Waals surface area (Å²) < 4.78 is 5.46. The van der Waals surface area contributed by atoms with E-state index in [1.807, 2.05) is 0 Å². The lowest BCUT2D eigenvalue weighted by Gasteiger charge is -2.34. The summed E-state index contributed by atoms with van der Waals surface area (Å²) in [6.07, 6.45) is 1.16. The first-order valence-electron chi connectivity index (χ1n) is 7.60. The van der Waals surface area contributed by atoms with Crippen LogP contribution in [-0.2, 0) is 9.59 Å². The number of halogens is 2. The van der Waals surface area contributed by atoms with Crippen molar-refractivity contribution in [1.29, 1.82) is 0 Å². The van der Waals surface area contributed by atoms with Gasteiger partial charge in [-0.3, -0.25) is 9.59 Å². The van der Waals surface area contributed by atoms with Gasteiger partial charge in [-0.1, -0.05) is 11.6 Å². The van der Waals surface area contributed by atoms with Gasteiger partial charge in [0.1, 0.15) is 5.75 Å². The molecule has 23 heavy (non-hydrogen) atoms. The zero-order chi connectivity index (χ0) is 16.7. The van der Waals surface area contributed by atoms with E-state index in [4.69, 9.17) is 27.9 Å². The molecule has 1 heterocycles. The van der Waals surface area contributed by atoms with Gasteiger partial charge in [-0.2, -0.15) is 0 Å². The molecule has 2 rings (SSSR count). The first kappa shape index (κ1) is 17.9. The fourth-order valence-corrected chi connectivity index (χ4v) is 2.61. The standard InChI is InChI=1S/C16H20Cl2N2O3/c17-7-1-2-15(21)19-8-10-20(11-9-19)16(22)12-23-14-5-3-13(18)4-6-14/h3-6H,1-2,7-12H2. The molecule has 0 saturated carbocycles. The van der Waals surface area contributed by atoms with Crippen LogP contribution in [0.2, 0.25) is 5.02 Å². The molecular weight excluding hydrogens is 339 g/mol. The number of hydrogen-bond donors (Lipinski definition) is 0. The van der Waals surface area contributed by atoms with Crippen molar-refractivity contribution in [3.63, 3.8) is 0 Å². The average molecular weight is 359 g/mol. The van der Waals surface area contributed by atoms with Gasteiger partial charge >= 0.3 is 0 Å². The molecule has 1 aromatic rings. The Hall–Kier alpha value is -1.46. The number of hydrogen-bond acceptors (Lipinski definition) is 3. The van der Waals surface area contributed by atoms with Crippen LogP contribution in [0, 0.1) is 0 Å². The van der Waals surface area contributed by atoms with Crippen LogP contribution >= 0.6 is 23.2 Å². The minimum Gasteiger partial charge on any atom is -0.484 e. The molecule has 0 spiro atoms. The summed E-state index contributed by atoms with van der Waals surface area (Å²) in [5.41, 5.74) is 0. The summed E-state index contributed by atoms with van der Waals surface area (Å²) in [6.45, 7) is 2.19. The van der Waals surface area contributed by atoms with Crippen LogP contribution in [0.3, 0.4) is 0 Å². The number of ether oxygens (including phenoxy) is 1. The Bertz CT molecular complexity index is 529. The van der Waals surface area contributed by atoms with E-state index in [-0.39, 0.29) is 18.4 Å². The maximum absolute atomic E-state index is 12.1. The van der Waals surface area contributed by atoms with Gasteiger partial charge < -0.3 is 14.5 Å². The molecule has 126 valence electrons. The van der Waals surface area contributed by atoms with Crippen molar-refractivity contribution >= 4 is 35.0 Å². The predicted octanol–water partition coefficient (Wildman–Crippen LogP) is 2.41. The number of carbonyl (C=O) groups excluding carboxylic acids is 2. The van der Waals surface area contributed by atoms with E-state index >= 15 is 0 Å². The second-order valence-electron chi connectivity index (χ2n) is 5.30. The van der Waals surface area contributed by atoms with Crippen molar-refractivity contribution in [3.05, 3.63) is 29.3 Å². The average Bonchev–Trinajstić information content (AvgIpc) is 2.59. The molecule has 1 fully saturated rings. The van der Waals surface area contributed by atoms with E-state index in [1.165, 1.54) is 0 Å². The number of carbonyl (C=O) groups is 2. The van der Waals surface area contributed by atoms with Gasteiger partial charge in [0.05, 0.1) is 0 Å². The highest BCUT2D eigenvalue weighted by Gasteiger charge is 2.23. The fourth-order valence-electron chi connectivity index (χ4n) is 2.35. The molecule has 0 unspecified atom stereocenters. The maximum Gasteiger partial charge on any atom is 0.260 e. The quantitative estimate of drug-likeness (QED) is 0.733. The molecule has 2 amide bonds. The largest absolute Gasteiger partial charge is 0.484 e. The van der Waals surface area contributed by atoms with Crippen LogP contribution in [0.1, 0.15) is 12.8 Å². The molecule has 7 heteroatoms. The Balaban J connectivity index is 1.73. The van der Waals surface area contributed by atoms with Gasteiger partial charge in [0.2, 0.25) is 5.91 Å². The van der Waals surface area contributed by atoms with Crippen LogP contribution in [0.25, 0.3) is 0 Å². The number of amides is 2. The van der Waals surface area contributed by atoms with Gasteiger partial charge in [-0.25, -0.2) is 0 Å². The van der Waals surface area contributed by atoms with E-state index in [9.17, 15) is 9.59 Å². The van der Waals surface area contributed by atoms with Crippen molar-refractivity contribution in [2.75, 3.05) is 38.7 Å². The van der Waals surface area contributed by atoms with Crippen LogP contribution in [0.15, 0.2) is 24.3 Å². The van der Waals surface area contributed by atoms with Gasteiger partial charge in [0.25, 0.3) is 5.91 Å². The Morgan fingerprint density at radius 1 is 1.00 bits per heavy atom. The molecular formula is C16H20Cl2N2O3. The highest BCUT2D eigenvalue weighted by molar-refractivity contribution is 6.30. The number of alkyl halides is 1. The lowest BCUT2D eigenvalue weighted by atomic mass is 10.2. The van der Waals surface area contributed by atoms with E-state index in [0.717, 1.165) is 0 Å². The van der Waals surface area contributed by atoms with Crippen LogP contribution in [-0.4, -0.2) is 60.3 Å². The summed E-state index contributed by atoms with van der Waals surface area (Å²) >= 11 is 11.4. The van der Waals surface area contributed by atoms with Crippen LogP contribution in [0.4, 0.5) is 0 Å². The summed E-state index contributed by atoms with van der Waals surface area (Å²) in [5, 5.41) is 0.624. The van der Waals surface area contributed by atoms with Crippen LogP contribution < -0.4 is 4.74 Å². The third-order valence-electron chi connectivity index (χ3n) is 3.69. The molecule has 0 aromatic heterocycles. The van der Waals surface area contributed by atoms with Gasteiger partial charge in [0, 0.05) is 43.5 Å². The monoisotopic (exact) mass is 358 g/mol. The molecule has 1 aliphatic rings. The molecule has 0 radical (unpaired) electrons. The molecule has 1 saturated heterocycles. The fraction of sp³-hybridized carbons (Fsp3) is 0.500. The van der Waals surface area contributed by atoms with E-state index in [2.05, 4.69) is 0 Å². The minimum absolute atomic E-state index is 0.0121. The Kier molecular flexibility index (Phi) is 6.99. The molecule has 1 aliphatic heterocycles. The normalized spacial score (nSPS) is 14.7. The highest BCUT2D eigenvalue weighted by atomic mass is 35.5. The van der Waals surface area contributed by atoms with Gasteiger partial charge in [0.15, 0.2) is 6.61 Å². The molecule has 0 aliphatic carbocycles. The second kappa shape index (κ2) is 8.99. The molecule has 0 bridgehead atoms. The predicted molar refractivity (Wildman–Crippen MR) is 90.1 cm³/mol. The lowest BCUT2D eigenvalue weighted by Crippen LogP contribution is -2.51. The van der Waals surface area contributed by atoms with Crippen molar-refractivity contribution in [2.45, 2.75) is 12.8 Å². The van der Waals surface area contributed by atoms with Crippen molar-refractivity contribution in [2.24, 2.45) is 0 Å². The van der Waals surface area contributed by atoms with Crippen molar-refractivity contribution in [1.82, 2.24) is 9.80 Å². The number of benzene rings is 1. The first-order valence-corrected chi connectivity index (χ1v) is 8.51. The summed E-state index contributed by atoms with van der Waals surface area (Å²) in [5.74, 6) is 1.13. The topological polar surface area (TPSA) is 49.9 Å². The second-order valence-corrected chi connectivity index (χ2v) is 6.11. The van der Waals surface area contributed by atoms with Gasteiger partial charge in [-0.15, -0.1) is 11.6 Å². The third kappa shape index (κ3) is 5.59. The first-order chi connectivity index (χ1) is 11.1.